The van der Waals surface area contributed by atoms with Gasteiger partial charge in [0.15, 0.2) is 0 Å². The first kappa shape index (κ1) is 20.3. The smallest absolute Gasteiger partial charge is 0.277 e. The van der Waals surface area contributed by atoms with E-state index in [1.807, 2.05) is 55.5 Å². The van der Waals surface area contributed by atoms with Gasteiger partial charge in [-0.25, -0.2) is 0 Å². The molecule has 1 aromatic heterocycles. The lowest BCUT2D eigenvalue weighted by molar-refractivity contribution is -0.119. The maximum absolute atomic E-state index is 12.8. The van der Waals surface area contributed by atoms with E-state index in [1.54, 1.807) is 0 Å². The molecule has 0 aliphatic heterocycles. The van der Waals surface area contributed by atoms with Crippen molar-refractivity contribution in [3.8, 4) is 28.3 Å². The summed E-state index contributed by atoms with van der Waals surface area (Å²) in [4.78, 5) is 12.8. The number of carbonyl (C=O) groups excluding carboxylic acids is 1. The molecule has 0 atom stereocenters. The summed E-state index contributed by atoms with van der Waals surface area (Å²) in [5.74, 6) is 1.14. The van der Waals surface area contributed by atoms with Crippen molar-refractivity contribution in [2.45, 2.75) is 18.2 Å². The van der Waals surface area contributed by atoms with Crippen LogP contribution in [-0.2, 0) is 4.79 Å². The van der Waals surface area contributed by atoms with E-state index < -0.39 is 0 Å². The van der Waals surface area contributed by atoms with Crippen LogP contribution >= 0.6 is 11.8 Å². The number of benzene rings is 3. The Kier molecular flexibility index (Phi) is 5.64. The molecule has 0 spiro atoms. The molecule has 0 fully saturated rings. The lowest BCUT2D eigenvalue weighted by atomic mass is 10.1. The number of thioether (sulfide) groups is 1. The van der Waals surface area contributed by atoms with Gasteiger partial charge in [-0.1, -0.05) is 72.4 Å². The predicted molar refractivity (Wildman–Crippen MR) is 123 cm³/mol. The Hall–Kier alpha value is -3.58. The predicted octanol–water partition coefficient (Wildman–Crippen LogP) is 5.11. The van der Waals surface area contributed by atoms with E-state index in [4.69, 9.17) is 9.15 Å². The van der Waals surface area contributed by atoms with E-state index in [0.717, 1.165) is 27.8 Å². The van der Waals surface area contributed by atoms with Crippen molar-refractivity contribution in [2.75, 3.05) is 12.4 Å². The average molecular weight is 444 g/mol. The van der Waals surface area contributed by atoms with E-state index in [2.05, 4.69) is 39.8 Å². The van der Waals surface area contributed by atoms with Crippen LogP contribution in [0, 0.1) is 0 Å². The first-order chi connectivity index (χ1) is 15.7. The number of nitrogens with one attached hydrogen (secondary N) is 1. The van der Waals surface area contributed by atoms with Crippen molar-refractivity contribution in [1.82, 2.24) is 15.5 Å². The third-order valence-corrected chi connectivity index (χ3v) is 6.11. The van der Waals surface area contributed by atoms with Crippen LogP contribution < -0.4 is 10.1 Å². The highest BCUT2D eigenvalue weighted by atomic mass is 32.2. The van der Waals surface area contributed by atoms with Gasteiger partial charge in [0.1, 0.15) is 5.75 Å². The third-order valence-electron chi connectivity index (χ3n) is 5.29. The maximum atomic E-state index is 12.8. The third kappa shape index (κ3) is 3.87. The number of ether oxygens (including phenoxy) is 1. The van der Waals surface area contributed by atoms with Crippen molar-refractivity contribution in [2.24, 2.45) is 0 Å². The minimum Gasteiger partial charge on any atom is -0.493 e. The number of carbonyl (C=O) groups is 1. The van der Waals surface area contributed by atoms with Gasteiger partial charge in [-0.2, -0.15) is 0 Å². The van der Waals surface area contributed by atoms with E-state index in [-0.39, 0.29) is 17.7 Å². The Morgan fingerprint density at radius 2 is 1.56 bits per heavy atom. The molecule has 6 nitrogen and oxygen atoms in total. The number of hydrogen-bond donors (Lipinski definition) is 1. The highest BCUT2D eigenvalue weighted by molar-refractivity contribution is 7.99. The number of amides is 1. The van der Waals surface area contributed by atoms with Gasteiger partial charge in [-0.05, 0) is 41.3 Å². The fourth-order valence-electron chi connectivity index (χ4n) is 3.94. The summed E-state index contributed by atoms with van der Waals surface area (Å²) in [5, 5.41) is 11.7. The molecule has 1 aliphatic rings. The van der Waals surface area contributed by atoms with Crippen LogP contribution in [0.4, 0.5) is 0 Å². The molecule has 0 saturated heterocycles. The summed E-state index contributed by atoms with van der Waals surface area (Å²) < 4.78 is 11.4. The van der Waals surface area contributed by atoms with Crippen LogP contribution in [0.1, 0.15) is 24.1 Å². The highest BCUT2D eigenvalue weighted by Crippen LogP contribution is 2.43. The molecule has 7 heteroatoms. The molecule has 0 radical (unpaired) electrons. The first-order valence-corrected chi connectivity index (χ1v) is 11.4. The van der Waals surface area contributed by atoms with Gasteiger partial charge in [0.2, 0.25) is 5.91 Å². The zero-order valence-electron chi connectivity index (χ0n) is 17.4. The van der Waals surface area contributed by atoms with Gasteiger partial charge in [-0.15, -0.1) is 10.2 Å². The molecule has 1 aliphatic carbocycles. The van der Waals surface area contributed by atoms with E-state index in [1.165, 1.54) is 11.8 Å². The largest absolute Gasteiger partial charge is 0.493 e. The monoisotopic (exact) mass is 443 g/mol. The molecule has 0 unspecified atom stereocenters. The Morgan fingerprint density at radius 3 is 2.25 bits per heavy atom. The standard InChI is InChI=1S/C25H21N3O3S/c1-2-30-21-14-8-7-13-20(21)24-27-28-25(31-24)32-15-22(29)26-23-18-11-5-3-9-16(18)17-10-4-6-12-19(17)23/h3-14,23H,2,15H2,1H3,(H,26,29). The van der Waals surface area contributed by atoms with Crippen LogP contribution in [0.5, 0.6) is 5.75 Å². The van der Waals surface area contributed by atoms with Crippen molar-refractivity contribution < 1.29 is 13.9 Å². The van der Waals surface area contributed by atoms with Crippen molar-refractivity contribution in [3.63, 3.8) is 0 Å². The lowest BCUT2D eigenvalue weighted by Crippen LogP contribution is -2.29. The van der Waals surface area contributed by atoms with Crippen LogP contribution in [0.2, 0.25) is 0 Å². The molecule has 1 N–H and O–H groups in total. The second-order valence-electron chi connectivity index (χ2n) is 7.27. The Balaban J connectivity index is 1.27. The molecule has 0 saturated carbocycles. The summed E-state index contributed by atoms with van der Waals surface area (Å²) >= 11 is 1.22. The quantitative estimate of drug-likeness (QED) is 0.400. The fraction of sp³-hybridized carbons (Fsp3) is 0.160. The van der Waals surface area contributed by atoms with Crippen molar-refractivity contribution in [3.05, 3.63) is 83.9 Å². The van der Waals surface area contributed by atoms with E-state index >= 15 is 0 Å². The van der Waals surface area contributed by atoms with Gasteiger partial charge in [0, 0.05) is 0 Å². The lowest BCUT2D eigenvalue weighted by Gasteiger charge is -2.15. The van der Waals surface area contributed by atoms with Crippen LogP contribution in [0.25, 0.3) is 22.6 Å². The van der Waals surface area contributed by atoms with Gasteiger partial charge < -0.3 is 14.5 Å². The highest BCUT2D eigenvalue weighted by Gasteiger charge is 2.29. The Labute approximate surface area is 190 Å². The molecule has 160 valence electrons. The Morgan fingerprint density at radius 1 is 0.938 bits per heavy atom. The molecule has 32 heavy (non-hydrogen) atoms. The van der Waals surface area contributed by atoms with Gasteiger partial charge in [0.05, 0.1) is 24.0 Å². The molecular formula is C25H21N3O3S. The number of rotatable bonds is 7. The molecule has 0 bridgehead atoms. The Bertz CT molecular complexity index is 1230. The molecule has 1 amide bonds. The second-order valence-corrected chi connectivity index (χ2v) is 8.19. The number of para-hydroxylation sites is 1. The molecule has 1 heterocycles. The summed E-state index contributed by atoms with van der Waals surface area (Å²) in [6, 6.07) is 23.7. The zero-order valence-corrected chi connectivity index (χ0v) is 18.3. The normalized spacial score (nSPS) is 12.3. The minimum absolute atomic E-state index is 0.0963. The molecular weight excluding hydrogens is 422 g/mol. The van der Waals surface area contributed by atoms with Crippen LogP contribution in [0.15, 0.2) is 82.4 Å². The van der Waals surface area contributed by atoms with Crippen molar-refractivity contribution >= 4 is 17.7 Å². The second kappa shape index (κ2) is 8.88. The number of aromatic nitrogens is 2. The molecule has 4 aromatic rings. The number of hydrogen-bond acceptors (Lipinski definition) is 6. The summed E-state index contributed by atoms with van der Waals surface area (Å²) in [6.45, 7) is 2.46. The van der Waals surface area contributed by atoms with Crippen LogP contribution in [0.3, 0.4) is 0 Å². The number of nitrogens with zero attached hydrogens (tertiary/aromatic N) is 2. The summed E-state index contributed by atoms with van der Waals surface area (Å²) in [5.41, 5.74) is 5.28. The van der Waals surface area contributed by atoms with E-state index in [9.17, 15) is 4.79 Å². The SMILES string of the molecule is CCOc1ccccc1-c1nnc(SCC(=O)NC2c3ccccc3-c3ccccc32)o1. The zero-order chi connectivity index (χ0) is 21.9. The first-order valence-electron chi connectivity index (χ1n) is 10.4. The molecule has 3 aromatic carbocycles. The minimum atomic E-state index is -0.160. The van der Waals surface area contributed by atoms with Crippen LogP contribution in [-0.4, -0.2) is 28.5 Å². The molecule has 5 rings (SSSR count). The summed E-state index contributed by atoms with van der Waals surface area (Å²) in [7, 11) is 0. The van der Waals surface area contributed by atoms with E-state index in [0.29, 0.717) is 23.5 Å². The maximum Gasteiger partial charge on any atom is 0.277 e. The number of fused-ring (bicyclic) bond motifs is 3. The average Bonchev–Trinajstić information content (AvgIpc) is 3.42. The van der Waals surface area contributed by atoms with Gasteiger partial charge >= 0.3 is 0 Å². The van der Waals surface area contributed by atoms with Crippen molar-refractivity contribution in [1.29, 1.82) is 0 Å². The fourth-order valence-corrected chi connectivity index (χ4v) is 4.52. The topological polar surface area (TPSA) is 77.2 Å². The summed E-state index contributed by atoms with van der Waals surface area (Å²) in [6.07, 6.45) is 0. The van der Waals surface area contributed by atoms with Gasteiger partial charge in [0.25, 0.3) is 11.1 Å². The van der Waals surface area contributed by atoms with Gasteiger partial charge in [-0.3, -0.25) is 4.79 Å².